The van der Waals surface area contributed by atoms with Gasteiger partial charge in [0.2, 0.25) is 5.91 Å². The molecule has 4 rings (SSSR count). The molecule has 0 aromatic heterocycles. The SMILES string of the molecule is O=C1C[C@@H](c2ccccc2)NCC[C@@]2(O)CN(CCCN1)C(=O)c1ccccc12. The van der Waals surface area contributed by atoms with Crippen molar-refractivity contribution in [1.82, 2.24) is 15.5 Å². The smallest absolute Gasteiger partial charge is 0.254 e. The normalized spacial score (nSPS) is 25.8. The Morgan fingerprint density at radius 1 is 1.00 bits per heavy atom. The van der Waals surface area contributed by atoms with Gasteiger partial charge in [0.25, 0.3) is 5.91 Å². The molecule has 2 atom stereocenters. The molecule has 0 unspecified atom stereocenters. The highest BCUT2D eigenvalue weighted by atomic mass is 16.3. The van der Waals surface area contributed by atoms with Crippen molar-refractivity contribution in [2.45, 2.75) is 30.9 Å². The number of amides is 2. The second-order valence-electron chi connectivity index (χ2n) is 7.88. The lowest BCUT2D eigenvalue weighted by Gasteiger charge is -2.40. The Bertz CT molecular complexity index is 886. The molecule has 152 valence electrons. The zero-order valence-electron chi connectivity index (χ0n) is 16.4. The van der Waals surface area contributed by atoms with Crippen LogP contribution in [0.5, 0.6) is 0 Å². The highest BCUT2D eigenvalue weighted by molar-refractivity contribution is 5.97. The van der Waals surface area contributed by atoms with Crippen LogP contribution in [0.25, 0.3) is 0 Å². The van der Waals surface area contributed by atoms with Crippen molar-refractivity contribution in [3.05, 3.63) is 71.3 Å². The van der Waals surface area contributed by atoms with Gasteiger partial charge in [-0.05, 0) is 36.6 Å². The fraction of sp³-hybridized carbons (Fsp3) is 0.391. The Morgan fingerprint density at radius 2 is 1.76 bits per heavy atom. The van der Waals surface area contributed by atoms with Gasteiger partial charge in [0.05, 0.1) is 6.54 Å². The van der Waals surface area contributed by atoms with E-state index in [0.717, 1.165) is 5.56 Å². The number of benzene rings is 2. The number of carbonyl (C=O) groups is 2. The first-order chi connectivity index (χ1) is 14.1. The summed E-state index contributed by atoms with van der Waals surface area (Å²) in [7, 11) is 0. The molecule has 1 saturated heterocycles. The molecule has 6 heteroatoms. The summed E-state index contributed by atoms with van der Waals surface area (Å²) < 4.78 is 0. The zero-order chi connectivity index (χ0) is 20.3. The van der Waals surface area contributed by atoms with Crippen molar-refractivity contribution in [2.75, 3.05) is 26.2 Å². The van der Waals surface area contributed by atoms with Crippen LogP contribution in [0.2, 0.25) is 0 Å². The summed E-state index contributed by atoms with van der Waals surface area (Å²) in [6.45, 7) is 1.81. The van der Waals surface area contributed by atoms with Crippen LogP contribution in [0, 0.1) is 0 Å². The van der Waals surface area contributed by atoms with Crippen LogP contribution in [0.1, 0.15) is 46.8 Å². The lowest BCUT2D eigenvalue weighted by atomic mass is 9.82. The second-order valence-corrected chi connectivity index (χ2v) is 7.88. The summed E-state index contributed by atoms with van der Waals surface area (Å²) in [4.78, 5) is 27.0. The number of nitrogens with zero attached hydrogens (tertiary/aromatic N) is 1. The Kier molecular flexibility index (Phi) is 5.65. The predicted molar refractivity (Wildman–Crippen MR) is 110 cm³/mol. The van der Waals surface area contributed by atoms with Gasteiger partial charge in [-0.1, -0.05) is 48.5 Å². The highest BCUT2D eigenvalue weighted by Crippen LogP contribution is 2.34. The Hall–Kier alpha value is -2.70. The first kappa shape index (κ1) is 19.6. The van der Waals surface area contributed by atoms with E-state index < -0.39 is 5.60 Å². The highest BCUT2D eigenvalue weighted by Gasteiger charge is 2.41. The third-order valence-electron chi connectivity index (χ3n) is 5.85. The molecule has 1 fully saturated rings. The van der Waals surface area contributed by atoms with Crippen LogP contribution in [0.3, 0.4) is 0 Å². The van der Waals surface area contributed by atoms with E-state index in [0.29, 0.717) is 50.0 Å². The zero-order valence-corrected chi connectivity index (χ0v) is 16.4. The lowest BCUT2D eigenvalue weighted by molar-refractivity contribution is -0.121. The van der Waals surface area contributed by atoms with Crippen LogP contribution < -0.4 is 10.6 Å². The maximum atomic E-state index is 12.9. The molecule has 0 saturated carbocycles. The molecule has 2 aliphatic heterocycles. The van der Waals surface area contributed by atoms with Crippen LogP contribution in [-0.4, -0.2) is 48.0 Å². The Labute approximate surface area is 170 Å². The number of hydrogen-bond acceptors (Lipinski definition) is 4. The maximum Gasteiger partial charge on any atom is 0.254 e. The van der Waals surface area contributed by atoms with Crippen LogP contribution in [0.15, 0.2) is 54.6 Å². The van der Waals surface area contributed by atoms with E-state index in [1.165, 1.54) is 0 Å². The fourth-order valence-corrected chi connectivity index (χ4v) is 4.31. The van der Waals surface area contributed by atoms with E-state index >= 15 is 0 Å². The molecular weight excluding hydrogens is 366 g/mol. The summed E-state index contributed by atoms with van der Waals surface area (Å²) in [6.07, 6.45) is 1.44. The number of rotatable bonds is 1. The van der Waals surface area contributed by atoms with Gasteiger partial charge < -0.3 is 20.6 Å². The van der Waals surface area contributed by atoms with E-state index in [1.54, 1.807) is 11.0 Å². The molecule has 0 radical (unpaired) electrons. The van der Waals surface area contributed by atoms with Gasteiger partial charge in [-0.15, -0.1) is 0 Å². The summed E-state index contributed by atoms with van der Waals surface area (Å²) in [5.74, 6) is -0.0708. The van der Waals surface area contributed by atoms with Gasteiger partial charge >= 0.3 is 0 Å². The fourth-order valence-electron chi connectivity index (χ4n) is 4.31. The summed E-state index contributed by atoms with van der Waals surface area (Å²) in [5.41, 5.74) is 1.21. The molecular formula is C23H27N3O3. The largest absolute Gasteiger partial charge is 0.383 e. The third-order valence-corrected chi connectivity index (χ3v) is 5.85. The number of aliphatic hydroxyl groups is 1. The van der Waals surface area contributed by atoms with E-state index in [2.05, 4.69) is 10.6 Å². The van der Waals surface area contributed by atoms with Crippen molar-refractivity contribution in [3.8, 4) is 0 Å². The first-order valence-electron chi connectivity index (χ1n) is 10.2. The summed E-state index contributed by atoms with van der Waals surface area (Å²) in [6, 6.07) is 17.1. The van der Waals surface area contributed by atoms with Gasteiger partial charge in [-0.3, -0.25) is 9.59 Å². The lowest BCUT2D eigenvalue weighted by Crippen LogP contribution is -2.51. The van der Waals surface area contributed by atoms with Crippen molar-refractivity contribution >= 4 is 11.8 Å². The summed E-state index contributed by atoms with van der Waals surface area (Å²) in [5, 5.41) is 17.9. The minimum Gasteiger partial charge on any atom is -0.383 e. The number of nitrogens with one attached hydrogen (secondary N) is 2. The van der Waals surface area contributed by atoms with Crippen molar-refractivity contribution < 1.29 is 14.7 Å². The number of hydrogen-bond donors (Lipinski definition) is 3. The molecule has 2 aromatic carbocycles. The minimum atomic E-state index is -1.11. The standard InChI is InChI=1S/C23H27N3O3/c27-21-15-20(17-7-2-1-3-8-17)24-13-11-23(29)16-26(14-6-12-25-21)22(28)18-9-4-5-10-19(18)23/h1-5,7-10,20,24,29H,6,11-16H2,(H,25,27)/t20-,23+/m0/s1. The van der Waals surface area contributed by atoms with Gasteiger partial charge in [-0.25, -0.2) is 0 Å². The van der Waals surface area contributed by atoms with E-state index in [-0.39, 0.29) is 24.4 Å². The molecule has 2 aliphatic rings. The van der Waals surface area contributed by atoms with Gasteiger partial charge in [0, 0.05) is 31.1 Å². The second kappa shape index (κ2) is 8.35. The van der Waals surface area contributed by atoms with Crippen LogP contribution in [-0.2, 0) is 10.4 Å². The monoisotopic (exact) mass is 393 g/mol. The predicted octanol–water partition coefficient (Wildman–Crippen LogP) is 1.96. The average molecular weight is 393 g/mol. The molecule has 3 N–H and O–H groups in total. The average Bonchev–Trinajstić information content (AvgIpc) is 2.75. The maximum absolute atomic E-state index is 12.9. The molecule has 2 amide bonds. The topological polar surface area (TPSA) is 81.7 Å². The van der Waals surface area contributed by atoms with E-state index in [1.807, 2.05) is 48.5 Å². The minimum absolute atomic E-state index is 0.0168. The molecule has 29 heavy (non-hydrogen) atoms. The Balaban J connectivity index is 1.62. The van der Waals surface area contributed by atoms with Gasteiger partial charge in [0.15, 0.2) is 0 Å². The quantitative estimate of drug-likeness (QED) is 0.692. The van der Waals surface area contributed by atoms with Crippen LogP contribution in [0.4, 0.5) is 0 Å². The molecule has 2 aromatic rings. The van der Waals surface area contributed by atoms with Crippen molar-refractivity contribution in [1.29, 1.82) is 0 Å². The number of carbonyl (C=O) groups excluding carboxylic acids is 2. The van der Waals surface area contributed by atoms with E-state index in [9.17, 15) is 14.7 Å². The Morgan fingerprint density at radius 3 is 2.59 bits per heavy atom. The third kappa shape index (κ3) is 4.18. The summed E-state index contributed by atoms with van der Waals surface area (Å²) >= 11 is 0. The molecule has 2 bridgehead atoms. The van der Waals surface area contributed by atoms with Crippen LogP contribution >= 0.6 is 0 Å². The van der Waals surface area contributed by atoms with Gasteiger partial charge in [-0.2, -0.15) is 0 Å². The van der Waals surface area contributed by atoms with Crippen molar-refractivity contribution in [2.24, 2.45) is 0 Å². The first-order valence-corrected chi connectivity index (χ1v) is 10.2. The molecule has 0 aliphatic carbocycles. The molecule has 2 heterocycles. The van der Waals surface area contributed by atoms with Gasteiger partial charge in [0.1, 0.15) is 5.60 Å². The van der Waals surface area contributed by atoms with Crippen molar-refractivity contribution in [3.63, 3.8) is 0 Å². The number of fused-ring (bicyclic) bond motifs is 4. The molecule has 0 spiro atoms. The molecule has 6 nitrogen and oxygen atoms in total. The van der Waals surface area contributed by atoms with E-state index in [4.69, 9.17) is 0 Å².